The smallest absolute Gasteiger partial charge is 0.293 e. The standard InChI is InChI=1S/C19H27N5O/c1-13(2)16-8-6-7-9-17(16)24-15(4)20-18(21-24)19(25)23-11-10-22(5)12-14(23)3/h6-9,13-14H,10-12H2,1-5H3/t14-/m0/s1. The molecule has 134 valence electrons. The van der Waals surface area contributed by atoms with E-state index >= 15 is 0 Å². The minimum Gasteiger partial charge on any atom is -0.331 e. The van der Waals surface area contributed by atoms with Crippen LogP contribution in [-0.4, -0.2) is 63.2 Å². The Bertz CT molecular complexity index is 767. The maximum absolute atomic E-state index is 12.9. The number of rotatable bonds is 3. The first-order chi connectivity index (χ1) is 11.9. The van der Waals surface area contributed by atoms with Gasteiger partial charge in [-0.3, -0.25) is 4.79 Å². The lowest BCUT2D eigenvalue weighted by Crippen LogP contribution is -2.52. The van der Waals surface area contributed by atoms with Gasteiger partial charge in [0, 0.05) is 25.7 Å². The predicted molar refractivity (Wildman–Crippen MR) is 98.2 cm³/mol. The molecule has 1 fully saturated rings. The number of hydrogen-bond acceptors (Lipinski definition) is 4. The molecular formula is C19H27N5O. The molecule has 1 amide bonds. The van der Waals surface area contributed by atoms with E-state index in [4.69, 9.17) is 0 Å². The number of piperazine rings is 1. The molecule has 0 unspecified atom stereocenters. The van der Waals surface area contributed by atoms with Crippen molar-refractivity contribution in [2.24, 2.45) is 0 Å². The number of hydrogen-bond donors (Lipinski definition) is 0. The summed E-state index contributed by atoms with van der Waals surface area (Å²) in [6.45, 7) is 10.8. The molecule has 0 saturated carbocycles. The second kappa shape index (κ2) is 6.96. The summed E-state index contributed by atoms with van der Waals surface area (Å²) < 4.78 is 1.79. The molecule has 0 aliphatic carbocycles. The van der Waals surface area contributed by atoms with Gasteiger partial charge in [-0.25, -0.2) is 9.67 Å². The molecule has 1 aliphatic heterocycles. The van der Waals surface area contributed by atoms with E-state index in [1.807, 2.05) is 30.0 Å². The average molecular weight is 341 g/mol. The number of nitrogens with zero attached hydrogens (tertiary/aromatic N) is 5. The van der Waals surface area contributed by atoms with Gasteiger partial charge in [-0.2, -0.15) is 0 Å². The molecule has 1 aliphatic rings. The van der Waals surface area contributed by atoms with Crippen LogP contribution in [0.25, 0.3) is 5.69 Å². The number of aryl methyl sites for hydroxylation is 1. The number of carbonyl (C=O) groups excluding carboxylic acids is 1. The van der Waals surface area contributed by atoms with Gasteiger partial charge in [0.25, 0.3) is 5.91 Å². The number of amides is 1. The highest BCUT2D eigenvalue weighted by Gasteiger charge is 2.29. The summed E-state index contributed by atoms with van der Waals surface area (Å²) in [5, 5.41) is 4.55. The van der Waals surface area contributed by atoms with Crippen molar-refractivity contribution >= 4 is 5.91 Å². The third-order valence-corrected chi connectivity index (χ3v) is 4.84. The lowest BCUT2D eigenvalue weighted by molar-refractivity contribution is 0.0521. The second-order valence-electron chi connectivity index (χ2n) is 7.22. The van der Waals surface area contributed by atoms with Gasteiger partial charge in [0.1, 0.15) is 5.82 Å². The van der Waals surface area contributed by atoms with Crippen LogP contribution < -0.4 is 0 Å². The van der Waals surface area contributed by atoms with Crippen molar-refractivity contribution in [2.45, 2.75) is 39.7 Å². The lowest BCUT2D eigenvalue weighted by Gasteiger charge is -2.37. The molecule has 2 heterocycles. The summed E-state index contributed by atoms with van der Waals surface area (Å²) in [6, 6.07) is 8.33. The summed E-state index contributed by atoms with van der Waals surface area (Å²) in [4.78, 5) is 21.5. The first-order valence-corrected chi connectivity index (χ1v) is 8.91. The molecule has 0 spiro atoms. The van der Waals surface area contributed by atoms with Crippen LogP contribution in [0.15, 0.2) is 24.3 Å². The number of aromatic nitrogens is 3. The molecule has 0 bridgehead atoms. The summed E-state index contributed by atoms with van der Waals surface area (Å²) in [5.74, 6) is 1.31. The molecule has 6 nitrogen and oxygen atoms in total. The fourth-order valence-electron chi connectivity index (χ4n) is 3.45. The topological polar surface area (TPSA) is 54.3 Å². The number of carbonyl (C=O) groups is 1. The summed E-state index contributed by atoms with van der Waals surface area (Å²) >= 11 is 0. The Kier molecular flexibility index (Phi) is 4.90. The number of para-hydroxylation sites is 1. The van der Waals surface area contributed by atoms with E-state index in [1.54, 1.807) is 4.68 Å². The normalized spacial score (nSPS) is 18.8. The van der Waals surface area contributed by atoms with Gasteiger partial charge in [-0.1, -0.05) is 32.0 Å². The van der Waals surface area contributed by atoms with Gasteiger partial charge in [0.05, 0.1) is 5.69 Å². The molecule has 2 aromatic rings. The Morgan fingerprint density at radius 3 is 2.64 bits per heavy atom. The van der Waals surface area contributed by atoms with Crippen molar-refractivity contribution in [3.05, 3.63) is 41.5 Å². The molecular weight excluding hydrogens is 314 g/mol. The van der Waals surface area contributed by atoms with Crippen LogP contribution >= 0.6 is 0 Å². The Morgan fingerprint density at radius 2 is 1.96 bits per heavy atom. The van der Waals surface area contributed by atoms with Crippen LogP contribution in [0, 0.1) is 6.92 Å². The quantitative estimate of drug-likeness (QED) is 0.861. The van der Waals surface area contributed by atoms with Crippen molar-refractivity contribution < 1.29 is 4.79 Å². The van der Waals surface area contributed by atoms with Crippen molar-refractivity contribution in [2.75, 3.05) is 26.7 Å². The molecule has 1 aromatic carbocycles. The van der Waals surface area contributed by atoms with Crippen molar-refractivity contribution in [3.8, 4) is 5.69 Å². The Morgan fingerprint density at radius 1 is 1.24 bits per heavy atom. The van der Waals surface area contributed by atoms with E-state index in [1.165, 1.54) is 5.56 Å². The zero-order chi connectivity index (χ0) is 18.1. The average Bonchev–Trinajstić information content (AvgIpc) is 2.96. The maximum atomic E-state index is 12.9. The van der Waals surface area contributed by atoms with E-state index in [-0.39, 0.29) is 17.8 Å². The minimum atomic E-state index is -0.0792. The highest BCUT2D eigenvalue weighted by molar-refractivity contribution is 5.90. The van der Waals surface area contributed by atoms with E-state index in [9.17, 15) is 4.79 Å². The van der Waals surface area contributed by atoms with Gasteiger partial charge in [-0.05, 0) is 38.4 Å². The third kappa shape index (κ3) is 3.44. The van der Waals surface area contributed by atoms with Crippen LogP contribution in [-0.2, 0) is 0 Å². The minimum absolute atomic E-state index is 0.0792. The van der Waals surface area contributed by atoms with E-state index in [0.29, 0.717) is 12.5 Å². The van der Waals surface area contributed by atoms with Crippen LogP contribution in [0.5, 0.6) is 0 Å². The highest BCUT2D eigenvalue weighted by Crippen LogP contribution is 2.23. The van der Waals surface area contributed by atoms with Crippen molar-refractivity contribution in [3.63, 3.8) is 0 Å². The van der Waals surface area contributed by atoms with Crippen molar-refractivity contribution in [1.29, 1.82) is 0 Å². The van der Waals surface area contributed by atoms with Crippen LogP contribution in [0.3, 0.4) is 0 Å². The first-order valence-electron chi connectivity index (χ1n) is 8.91. The van der Waals surface area contributed by atoms with Gasteiger partial charge in [-0.15, -0.1) is 5.10 Å². The number of likely N-dealkylation sites (N-methyl/N-ethyl adjacent to an activating group) is 1. The highest BCUT2D eigenvalue weighted by atomic mass is 16.2. The summed E-state index contributed by atoms with van der Waals surface area (Å²) in [5.41, 5.74) is 2.19. The molecule has 6 heteroatoms. The van der Waals surface area contributed by atoms with Crippen LogP contribution in [0.4, 0.5) is 0 Å². The van der Waals surface area contributed by atoms with E-state index in [2.05, 4.69) is 48.9 Å². The second-order valence-corrected chi connectivity index (χ2v) is 7.22. The molecule has 1 aromatic heterocycles. The molecule has 3 rings (SSSR count). The van der Waals surface area contributed by atoms with Crippen molar-refractivity contribution in [1.82, 2.24) is 24.6 Å². The first kappa shape index (κ1) is 17.6. The fraction of sp³-hybridized carbons (Fsp3) is 0.526. The lowest BCUT2D eigenvalue weighted by atomic mass is 10.0. The summed E-state index contributed by atoms with van der Waals surface area (Å²) in [6.07, 6.45) is 0. The van der Waals surface area contributed by atoms with E-state index in [0.717, 1.165) is 24.6 Å². The zero-order valence-electron chi connectivity index (χ0n) is 15.7. The largest absolute Gasteiger partial charge is 0.331 e. The molecule has 0 N–H and O–H groups in total. The maximum Gasteiger partial charge on any atom is 0.293 e. The molecule has 25 heavy (non-hydrogen) atoms. The van der Waals surface area contributed by atoms with Gasteiger partial charge in [0.2, 0.25) is 5.82 Å². The molecule has 1 saturated heterocycles. The molecule has 0 radical (unpaired) electrons. The van der Waals surface area contributed by atoms with Crippen LogP contribution in [0.1, 0.15) is 48.7 Å². The third-order valence-electron chi connectivity index (χ3n) is 4.84. The predicted octanol–water partition coefficient (Wildman–Crippen LogP) is 2.48. The van der Waals surface area contributed by atoms with E-state index < -0.39 is 0 Å². The zero-order valence-corrected chi connectivity index (χ0v) is 15.7. The van der Waals surface area contributed by atoms with Gasteiger partial charge < -0.3 is 9.80 Å². The monoisotopic (exact) mass is 341 g/mol. The Labute approximate surface area is 149 Å². The molecule has 1 atom stereocenters. The fourth-order valence-corrected chi connectivity index (χ4v) is 3.45. The number of benzene rings is 1. The SMILES string of the molecule is Cc1nc(C(=O)N2CCN(C)C[C@@H]2C)nn1-c1ccccc1C(C)C. The summed E-state index contributed by atoms with van der Waals surface area (Å²) in [7, 11) is 2.08. The van der Waals surface area contributed by atoms with Gasteiger partial charge in [0.15, 0.2) is 0 Å². The van der Waals surface area contributed by atoms with Crippen LogP contribution in [0.2, 0.25) is 0 Å². The van der Waals surface area contributed by atoms with Gasteiger partial charge >= 0.3 is 0 Å². The Balaban J connectivity index is 1.92. The Hall–Kier alpha value is -2.21.